The molecule has 4 nitrogen and oxygen atoms in total. The van der Waals surface area contributed by atoms with Crippen molar-refractivity contribution in [2.45, 2.75) is 33.1 Å². The number of carbonyl (C=O) groups is 1. The molecule has 0 aromatic carbocycles. The number of amides is 1. The van der Waals surface area contributed by atoms with E-state index in [-0.39, 0.29) is 11.8 Å². The van der Waals surface area contributed by atoms with Crippen LogP contribution < -0.4 is 10.6 Å². The predicted octanol–water partition coefficient (Wildman–Crippen LogP) is 1.16. The van der Waals surface area contributed by atoms with Gasteiger partial charge in [0, 0.05) is 25.7 Å². The molecule has 1 atom stereocenters. The molecule has 1 amide bonds. The molecule has 0 radical (unpaired) electrons. The highest BCUT2D eigenvalue weighted by Gasteiger charge is 2.28. The average molecular weight is 242 g/mol. The van der Waals surface area contributed by atoms with E-state index in [1.54, 1.807) is 0 Å². The standard InChI is InChI=1S/C13H26N2O2/c1-3-4-7-17-8-5-6-15-13(16)11(2)12-9-14-10-12/h11-12,14H,3-10H2,1-2H3,(H,15,16). The Morgan fingerprint density at radius 1 is 1.41 bits per heavy atom. The molecule has 0 aromatic rings. The lowest BCUT2D eigenvalue weighted by molar-refractivity contribution is -0.126. The summed E-state index contributed by atoms with van der Waals surface area (Å²) in [5.74, 6) is 0.845. The second-order valence-electron chi connectivity index (χ2n) is 4.82. The summed E-state index contributed by atoms with van der Waals surface area (Å²) in [6.45, 7) is 8.45. The quantitative estimate of drug-likeness (QED) is 0.597. The molecule has 1 saturated heterocycles. The Labute approximate surface area is 104 Å². The van der Waals surface area contributed by atoms with Crippen LogP contribution in [-0.2, 0) is 9.53 Å². The number of carbonyl (C=O) groups excluding carboxylic acids is 1. The highest BCUT2D eigenvalue weighted by Crippen LogP contribution is 2.15. The Balaban J connectivity index is 1.92. The normalized spacial score (nSPS) is 17.5. The van der Waals surface area contributed by atoms with Crippen LogP contribution in [0.4, 0.5) is 0 Å². The van der Waals surface area contributed by atoms with Gasteiger partial charge in [-0.3, -0.25) is 4.79 Å². The molecule has 0 bridgehead atoms. The van der Waals surface area contributed by atoms with Crippen LogP contribution in [0.3, 0.4) is 0 Å². The van der Waals surface area contributed by atoms with Crippen LogP contribution in [-0.4, -0.2) is 38.8 Å². The van der Waals surface area contributed by atoms with Crippen molar-refractivity contribution in [2.75, 3.05) is 32.8 Å². The highest BCUT2D eigenvalue weighted by atomic mass is 16.5. The van der Waals surface area contributed by atoms with E-state index < -0.39 is 0 Å². The molecule has 0 aliphatic carbocycles. The molecule has 2 N–H and O–H groups in total. The smallest absolute Gasteiger partial charge is 0.223 e. The molecule has 0 aromatic heterocycles. The number of hydrogen-bond acceptors (Lipinski definition) is 3. The van der Waals surface area contributed by atoms with Gasteiger partial charge in [-0.2, -0.15) is 0 Å². The number of nitrogens with one attached hydrogen (secondary N) is 2. The zero-order valence-corrected chi connectivity index (χ0v) is 11.1. The van der Waals surface area contributed by atoms with Gasteiger partial charge in [0.25, 0.3) is 0 Å². The van der Waals surface area contributed by atoms with E-state index in [1.165, 1.54) is 6.42 Å². The number of ether oxygens (including phenoxy) is 1. The van der Waals surface area contributed by atoms with Gasteiger partial charge in [0.05, 0.1) is 0 Å². The van der Waals surface area contributed by atoms with E-state index in [9.17, 15) is 4.79 Å². The summed E-state index contributed by atoms with van der Waals surface area (Å²) >= 11 is 0. The van der Waals surface area contributed by atoms with Gasteiger partial charge in [0.2, 0.25) is 5.91 Å². The van der Waals surface area contributed by atoms with Gasteiger partial charge in [0.15, 0.2) is 0 Å². The lowest BCUT2D eigenvalue weighted by atomic mass is 9.88. The predicted molar refractivity (Wildman–Crippen MR) is 68.9 cm³/mol. The molecule has 4 heteroatoms. The third kappa shape index (κ3) is 5.50. The molecular weight excluding hydrogens is 216 g/mol. The summed E-state index contributed by atoms with van der Waals surface area (Å²) in [7, 11) is 0. The van der Waals surface area contributed by atoms with Crippen LogP contribution in [0.1, 0.15) is 33.1 Å². The fraction of sp³-hybridized carbons (Fsp3) is 0.923. The van der Waals surface area contributed by atoms with Gasteiger partial charge >= 0.3 is 0 Å². The van der Waals surface area contributed by atoms with Crippen LogP contribution >= 0.6 is 0 Å². The van der Waals surface area contributed by atoms with Gasteiger partial charge in [-0.1, -0.05) is 20.3 Å². The maximum absolute atomic E-state index is 11.7. The number of hydrogen-bond donors (Lipinski definition) is 2. The van der Waals surface area contributed by atoms with Gasteiger partial charge in [0.1, 0.15) is 0 Å². The van der Waals surface area contributed by atoms with E-state index in [0.717, 1.165) is 45.7 Å². The maximum Gasteiger partial charge on any atom is 0.223 e. The molecular formula is C13H26N2O2. The summed E-state index contributed by atoms with van der Waals surface area (Å²) in [6, 6.07) is 0. The second-order valence-corrected chi connectivity index (χ2v) is 4.82. The van der Waals surface area contributed by atoms with E-state index in [1.807, 2.05) is 6.92 Å². The fourth-order valence-electron chi connectivity index (χ4n) is 1.77. The van der Waals surface area contributed by atoms with Crippen molar-refractivity contribution in [1.82, 2.24) is 10.6 Å². The van der Waals surface area contributed by atoms with Crippen molar-refractivity contribution in [2.24, 2.45) is 11.8 Å². The third-order valence-electron chi connectivity index (χ3n) is 3.34. The minimum atomic E-state index is 0.136. The van der Waals surface area contributed by atoms with E-state index in [2.05, 4.69) is 17.6 Å². The Morgan fingerprint density at radius 3 is 2.71 bits per heavy atom. The first-order valence-electron chi connectivity index (χ1n) is 6.82. The largest absolute Gasteiger partial charge is 0.381 e. The Kier molecular flexibility index (Phi) is 7.21. The lowest BCUT2D eigenvalue weighted by Gasteiger charge is -2.31. The van der Waals surface area contributed by atoms with Crippen LogP contribution in [0.5, 0.6) is 0 Å². The fourth-order valence-corrected chi connectivity index (χ4v) is 1.77. The molecule has 100 valence electrons. The SMILES string of the molecule is CCCCOCCCNC(=O)C(C)C1CNC1. The third-order valence-corrected chi connectivity index (χ3v) is 3.34. The molecule has 1 unspecified atom stereocenters. The minimum absolute atomic E-state index is 0.136. The van der Waals surface area contributed by atoms with Crippen molar-refractivity contribution in [3.63, 3.8) is 0 Å². The van der Waals surface area contributed by atoms with Crippen molar-refractivity contribution < 1.29 is 9.53 Å². The molecule has 1 aliphatic rings. The number of unbranched alkanes of at least 4 members (excludes halogenated alkanes) is 1. The number of rotatable bonds is 9. The molecule has 0 spiro atoms. The van der Waals surface area contributed by atoms with E-state index >= 15 is 0 Å². The Bertz CT molecular complexity index is 217. The lowest BCUT2D eigenvalue weighted by Crippen LogP contribution is -2.49. The van der Waals surface area contributed by atoms with Crippen molar-refractivity contribution in [3.05, 3.63) is 0 Å². The van der Waals surface area contributed by atoms with Crippen molar-refractivity contribution in [1.29, 1.82) is 0 Å². The first-order valence-corrected chi connectivity index (χ1v) is 6.82. The first-order chi connectivity index (χ1) is 8.25. The summed E-state index contributed by atoms with van der Waals surface area (Å²) in [5.41, 5.74) is 0. The Morgan fingerprint density at radius 2 is 2.12 bits per heavy atom. The average Bonchev–Trinajstić information content (AvgIpc) is 2.25. The first kappa shape index (κ1) is 14.5. The van der Waals surface area contributed by atoms with Gasteiger partial charge in [-0.05, 0) is 31.8 Å². The van der Waals surface area contributed by atoms with Gasteiger partial charge < -0.3 is 15.4 Å². The molecule has 1 rings (SSSR count). The molecule has 1 aliphatic heterocycles. The van der Waals surface area contributed by atoms with Crippen LogP contribution in [0, 0.1) is 11.8 Å². The summed E-state index contributed by atoms with van der Waals surface area (Å²) < 4.78 is 5.43. The van der Waals surface area contributed by atoms with Gasteiger partial charge in [-0.15, -0.1) is 0 Å². The zero-order valence-electron chi connectivity index (χ0n) is 11.1. The van der Waals surface area contributed by atoms with Crippen LogP contribution in [0.2, 0.25) is 0 Å². The van der Waals surface area contributed by atoms with Gasteiger partial charge in [-0.25, -0.2) is 0 Å². The summed E-state index contributed by atoms with van der Waals surface area (Å²) in [5, 5.41) is 6.17. The van der Waals surface area contributed by atoms with E-state index in [4.69, 9.17) is 4.74 Å². The summed E-state index contributed by atoms with van der Waals surface area (Å²) in [4.78, 5) is 11.7. The van der Waals surface area contributed by atoms with Crippen molar-refractivity contribution >= 4 is 5.91 Å². The second kappa shape index (κ2) is 8.48. The minimum Gasteiger partial charge on any atom is -0.381 e. The maximum atomic E-state index is 11.7. The molecule has 0 saturated carbocycles. The monoisotopic (exact) mass is 242 g/mol. The molecule has 1 heterocycles. The highest BCUT2D eigenvalue weighted by molar-refractivity contribution is 5.78. The van der Waals surface area contributed by atoms with E-state index in [0.29, 0.717) is 5.92 Å². The summed E-state index contributed by atoms with van der Waals surface area (Å²) in [6.07, 6.45) is 3.20. The molecule has 17 heavy (non-hydrogen) atoms. The topological polar surface area (TPSA) is 50.4 Å². The van der Waals surface area contributed by atoms with Crippen molar-refractivity contribution in [3.8, 4) is 0 Å². The van der Waals surface area contributed by atoms with Crippen LogP contribution in [0.15, 0.2) is 0 Å². The Hall–Kier alpha value is -0.610. The zero-order chi connectivity index (χ0) is 12.5. The van der Waals surface area contributed by atoms with Crippen LogP contribution in [0.25, 0.3) is 0 Å². The molecule has 1 fully saturated rings.